The van der Waals surface area contributed by atoms with E-state index in [1.165, 1.54) is 11.3 Å². The van der Waals surface area contributed by atoms with Gasteiger partial charge in [0, 0.05) is 18.7 Å². The summed E-state index contributed by atoms with van der Waals surface area (Å²) in [6.07, 6.45) is 4.07. The number of aryl methyl sites for hydroxylation is 1. The molecule has 0 aliphatic rings. The number of aromatic nitrogens is 2. The topological polar surface area (TPSA) is 43.8 Å². The molecule has 0 atom stereocenters. The van der Waals surface area contributed by atoms with Crippen molar-refractivity contribution < 1.29 is 0 Å². The third-order valence-electron chi connectivity index (χ3n) is 2.19. The lowest BCUT2D eigenvalue weighted by atomic mass is 10.1. The van der Waals surface area contributed by atoms with E-state index in [9.17, 15) is 0 Å². The van der Waals surface area contributed by atoms with Crippen LogP contribution in [0.15, 0.2) is 6.20 Å². The highest BCUT2D eigenvalue weighted by Crippen LogP contribution is 2.12. The fraction of sp³-hybridized carbons (Fsp3) is 0.700. The maximum absolute atomic E-state index is 5.52. The van der Waals surface area contributed by atoms with E-state index in [-0.39, 0.29) is 0 Å². The van der Waals surface area contributed by atoms with Crippen molar-refractivity contribution in [3.63, 3.8) is 0 Å². The van der Waals surface area contributed by atoms with Gasteiger partial charge in [-0.05, 0) is 32.4 Å². The molecule has 2 N–H and O–H groups in total. The second kappa shape index (κ2) is 4.42. The van der Waals surface area contributed by atoms with E-state index < -0.39 is 0 Å². The van der Waals surface area contributed by atoms with E-state index in [4.69, 9.17) is 5.73 Å². The Bertz CT molecular complexity index is 263. The van der Waals surface area contributed by atoms with Gasteiger partial charge in [-0.2, -0.15) is 5.10 Å². The molecule has 3 heteroatoms. The minimum absolute atomic E-state index is 0.442. The SMILES string of the molecule is CCc1cn(C(C)C)nc1CCN. The number of hydrogen-bond donors (Lipinski definition) is 1. The Morgan fingerprint density at radius 3 is 2.69 bits per heavy atom. The lowest BCUT2D eigenvalue weighted by Gasteiger charge is -2.03. The standard InChI is InChI=1S/C10H19N3/c1-4-9-7-13(8(2)3)12-10(9)5-6-11/h7-8H,4-6,11H2,1-3H3. The fourth-order valence-corrected chi connectivity index (χ4v) is 1.37. The lowest BCUT2D eigenvalue weighted by molar-refractivity contribution is 0.526. The third-order valence-corrected chi connectivity index (χ3v) is 2.19. The second-order valence-electron chi connectivity index (χ2n) is 3.57. The first kappa shape index (κ1) is 10.3. The van der Waals surface area contributed by atoms with Crippen molar-refractivity contribution in [2.45, 2.75) is 39.7 Å². The van der Waals surface area contributed by atoms with Gasteiger partial charge in [0.25, 0.3) is 0 Å². The Labute approximate surface area is 79.9 Å². The molecule has 13 heavy (non-hydrogen) atoms. The first-order chi connectivity index (χ1) is 6.19. The number of nitrogens with two attached hydrogens (primary N) is 1. The first-order valence-electron chi connectivity index (χ1n) is 4.96. The highest BCUT2D eigenvalue weighted by Gasteiger charge is 2.07. The fourth-order valence-electron chi connectivity index (χ4n) is 1.37. The van der Waals surface area contributed by atoms with E-state index in [0.717, 1.165) is 12.8 Å². The zero-order valence-corrected chi connectivity index (χ0v) is 8.75. The van der Waals surface area contributed by atoms with Crippen LogP contribution in [0.5, 0.6) is 0 Å². The summed E-state index contributed by atoms with van der Waals surface area (Å²) in [5, 5.41) is 4.51. The van der Waals surface area contributed by atoms with E-state index in [2.05, 4.69) is 32.1 Å². The molecule has 1 rings (SSSR count). The van der Waals surface area contributed by atoms with Gasteiger partial charge in [0.05, 0.1) is 5.69 Å². The van der Waals surface area contributed by atoms with Crippen LogP contribution in [-0.2, 0) is 12.8 Å². The summed E-state index contributed by atoms with van der Waals surface area (Å²) < 4.78 is 2.02. The highest BCUT2D eigenvalue weighted by molar-refractivity contribution is 5.17. The van der Waals surface area contributed by atoms with Crippen LogP contribution in [0.1, 0.15) is 38.1 Å². The molecule has 0 bridgehead atoms. The van der Waals surface area contributed by atoms with Crippen LogP contribution >= 0.6 is 0 Å². The second-order valence-corrected chi connectivity index (χ2v) is 3.57. The molecule has 1 heterocycles. The summed E-state index contributed by atoms with van der Waals surface area (Å²) in [7, 11) is 0. The average molecular weight is 181 g/mol. The summed E-state index contributed by atoms with van der Waals surface area (Å²) in [4.78, 5) is 0. The smallest absolute Gasteiger partial charge is 0.0669 e. The molecule has 0 aromatic carbocycles. The van der Waals surface area contributed by atoms with E-state index >= 15 is 0 Å². The number of hydrogen-bond acceptors (Lipinski definition) is 2. The summed E-state index contributed by atoms with van der Waals surface area (Å²) in [5.41, 5.74) is 8.02. The zero-order chi connectivity index (χ0) is 9.84. The normalized spacial score (nSPS) is 11.2. The molecular formula is C10H19N3. The van der Waals surface area contributed by atoms with Crippen LogP contribution in [0.3, 0.4) is 0 Å². The molecule has 0 aliphatic carbocycles. The highest BCUT2D eigenvalue weighted by atomic mass is 15.3. The van der Waals surface area contributed by atoms with Gasteiger partial charge in [-0.25, -0.2) is 0 Å². The van der Waals surface area contributed by atoms with Gasteiger partial charge < -0.3 is 5.73 Å². The molecule has 74 valence electrons. The van der Waals surface area contributed by atoms with Crippen molar-refractivity contribution in [3.05, 3.63) is 17.5 Å². The summed E-state index contributed by atoms with van der Waals surface area (Å²) in [5.74, 6) is 0. The van der Waals surface area contributed by atoms with Crippen LogP contribution in [0, 0.1) is 0 Å². The Kier molecular flexibility index (Phi) is 3.48. The van der Waals surface area contributed by atoms with Gasteiger partial charge in [-0.15, -0.1) is 0 Å². The van der Waals surface area contributed by atoms with Gasteiger partial charge in [0.1, 0.15) is 0 Å². The molecule has 3 nitrogen and oxygen atoms in total. The predicted octanol–water partition coefficient (Wildman–Crippen LogP) is 1.53. The molecule has 0 aliphatic heterocycles. The Morgan fingerprint density at radius 1 is 1.54 bits per heavy atom. The number of rotatable bonds is 4. The van der Waals surface area contributed by atoms with Crippen molar-refractivity contribution in [2.75, 3.05) is 6.54 Å². The molecule has 0 fully saturated rings. The van der Waals surface area contributed by atoms with Crippen LogP contribution < -0.4 is 5.73 Å². The first-order valence-corrected chi connectivity index (χ1v) is 4.96. The van der Waals surface area contributed by atoms with Crippen LogP contribution in [0.25, 0.3) is 0 Å². The maximum atomic E-state index is 5.52. The van der Waals surface area contributed by atoms with E-state index in [1.54, 1.807) is 0 Å². The molecule has 0 amide bonds. The van der Waals surface area contributed by atoms with Gasteiger partial charge in [0.15, 0.2) is 0 Å². The molecule has 0 saturated carbocycles. The quantitative estimate of drug-likeness (QED) is 0.765. The summed E-state index contributed by atoms with van der Waals surface area (Å²) in [6, 6.07) is 0.442. The minimum Gasteiger partial charge on any atom is -0.330 e. The van der Waals surface area contributed by atoms with Crippen molar-refractivity contribution >= 4 is 0 Å². The van der Waals surface area contributed by atoms with E-state index in [0.29, 0.717) is 12.6 Å². The van der Waals surface area contributed by atoms with Gasteiger partial charge in [-0.1, -0.05) is 6.92 Å². The summed E-state index contributed by atoms with van der Waals surface area (Å²) in [6.45, 7) is 7.11. The van der Waals surface area contributed by atoms with Crippen LogP contribution in [0.2, 0.25) is 0 Å². The van der Waals surface area contributed by atoms with Crippen LogP contribution in [0.4, 0.5) is 0 Å². The minimum atomic E-state index is 0.442. The molecule has 1 aromatic rings. The Balaban J connectivity index is 2.90. The molecule has 0 spiro atoms. The average Bonchev–Trinajstić information content (AvgIpc) is 2.48. The Hall–Kier alpha value is -0.830. The van der Waals surface area contributed by atoms with Crippen LogP contribution in [-0.4, -0.2) is 16.3 Å². The summed E-state index contributed by atoms with van der Waals surface area (Å²) >= 11 is 0. The van der Waals surface area contributed by atoms with E-state index in [1.807, 2.05) is 4.68 Å². The van der Waals surface area contributed by atoms with Gasteiger partial charge in [-0.3, -0.25) is 4.68 Å². The third kappa shape index (κ3) is 2.31. The van der Waals surface area contributed by atoms with Crippen molar-refractivity contribution in [2.24, 2.45) is 5.73 Å². The molecule has 0 unspecified atom stereocenters. The largest absolute Gasteiger partial charge is 0.330 e. The van der Waals surface area contributed by atoms with Crippen molar-refractivity contribution in [1.29, 1.82) is 0 Å². The molecule has 0 saturated heterocycles. The van der Waals surface area contributed by atoms with Gasteiger partial charge in [0.2, 0.25) is 0 Å². The van der Waals surface area contributed by atoms with Crippen molar-refractivity contribution in [1.82, 2.24) is 9.78 Å². The number of nitrogens with zero attached hydrogens (tertiary/aromatic N) is 2. The van der Waals surface area contributed by atoms with Gasteiger partial charge >= 0.3 is 0 Å². The van der Waals surface area contributed by atoms with Crippen molar-refractivity contribution in [3.8, 4) is 0 Å². The predicted molar refractivity (Wildman–Crippen MR) is 54.7 cm³/mol. The Morgan fingerprint density at radius 2 is 2.23 bits per heavy atom. The monoisotopic (exact) mass is 181 g/mol. The molecule has 1 aromatic heterocycles. The molecule has 0 radical (unpaired) electrons. The maximum Gasteiger partial charge on any atom is 0.0669 e. The molecular weight excluding hydrogens is 162 g/mol. The lowest BCUT2D eigenvalue weighted by Crippen LogP contribution is -2.06. The zero-order valence-electron chi connectivity index (χ0n) is 8.75.